The van der Waals surface area contributed by atoms with Gasteiger partial charge < -0.3 is 9.84 Å². The molecular formula is C42H35Cl2F3N4O6. The summed E-state index contributed by atoms with van der Waals surface area (Å²) < 4.78 is 46.3. The second-order valence-corrected chi connectivity index (χ2v) is 15.5. The van der Waals surface area contributed by atoms with E-state index in [2.05, 4.69) is 10.4 Å². The summed E-state index contributed by atoms with van der Waals surface area (Å²) in [7, 11) is 0. The lowest BCUT2D eigenvalue weighted by Gasteiger charge is -2.50. The highest BCUT2D eigenvalue weighted by atomic mass is 35.5. The van der Waals surface area contributed by atoms with E-state index < -0.39 is 69.5 Å². The number of phenolic OH excluding ortho intramolecular Hbond substituents is 1. The van der Waals surface area contributed by atoms with E-state index in [-0.39, 0.29) is 42.7 Å². The van der Waals surface area contributed by atoms with Crippen LogP contribution in [0.1, 0.15) is 54.9 Å². The monoisotopic (exact) mass is 818 g/mol. The number of anilines is 2. The van der Waals surface area contributed by atoms with Crippen molar-refractivity contribution < 1.29 is 42.2 Å². The minimum absolute atomic E-state index is 0.0406. The molecule has 0 spiro atoms. The van der Waals surface area contributed by atoms with E-state index in [1.807, 2.05) is 25.1 Å². The number of pyridine rings is 1. The molecule has 2 N–H and O–H groups in total. The van der Waals surface area contributed by atoms with Crippen molar-refractivity contribution in [2.24, 2.45) is 23.7 Å². The molecular weight excluding hydrogens is 784 g/mol. The van der Waals surface area contributed by atoms with Gasteiger partial charge in [0.2, 0.25) is 11.8 Å². The number of benzene rings is 3. The largest absolute Gasteiger partial charge is 0.504 e. The molecule has 3 heterocycles. The number of alkyl halides is 3. The number of nitrogens with one attached hydrogen (secondary N) is 1. The molecule has 4 amide bonds. The number of halogens is 5. The normalized spacial score (nSPS) is 25.6. The number of imide groups is 2. The molecule has 2 aliphatic heterocycles. The van der Waals surface area contributed by atoms with Gasteiger partial charge in [-0.15, -0.1) is 0 Å². The molecule has 0 bridgehead atoms. The maximum Gasteiger partial charge on any atom is 0.417 e. The van der Waals surface area contributed by atoms with E-state index in [1.165, 1.54) is 11.0 Å². The van der Waals surface area contributed by atoms with E-state index in [1.54, 1.807) is 55.5 Å². The van der Waals surface area contributed by atoms with Crippen molar-refractivity contribution in [1.29, 1.82) is 0 Å². The number of rotatable bonds is 8. The SMILES string of the molecule is CCOc1cc(C2C3=CCC4C(=O)N(c5ccc(CC)cc5)C(=O)C4C3CC3C(=O)N(Nc4ncc(C(F)(F)F)cc4Cl)C(=O)C32c2ccc(Cl)cc2)ccc1O. The first-order chi connectivity index (χ1) is 27.2. The van der Waals surface area contributed by atoms with Crippen molar-refractivity contribution in [2.75, 3.05) is 16.9 Å². The minimum atomic E-state index is -4.75. The Labute approximate surface area is 335 Å². The molecule has 2 saturated heterocycles. The quantitative estimate of drug-likeness (QED) is 0.134. The van der Waals surface area contributed by atoms with Crippen LogP contribution in [0.25, 0.3) is 0 Å². The van der Waals surface area contributed by atoms with Crippen LogP contribution in [0.3, 0.4) is 0 Å². The van der Waals surface area contributed by atoms with Crippen molar-refractivity contribution in [3.63, 3.8) is 0 Å². The fourth-order valence-electron chi connectivity index (χ4n) is 9.27. The first-order valence-corrected chi connectivity index (χ1v) is 19.2. The Kier molecular flexibility index (Phi) is 9.59. The van der Waals surface area contributed by atoms with Crippen molar-refractivity contribution in [1.82, 2.24) is 9.99 Å². The van der Waals surface area contributed by atoms with E-state index >= 15 is 4.79 Å². The molecule has 15 heteroatoms. The van der Waals surface area contributed by atoms with Crippen LogP contribution < -0.4 is 15.1 Å². The van der Waals surface area contributed by atoms with Crippen LogP contribution in [0, 0.1) is 23.7 Å². The molecule has 3 aromatic carbocycles. The molecule has 2 aliphatic carbocycles. The highest BCUT2D eigenvalue weighted by molar-refractivity contribution is 6.33. The van der Waals surface area contributed by atoms with E-state index in [4.69, 9.17) is 27.9 Å². The van der Waals surface area contributed by atoms with Gasteiger partial charge in [-0.1, -0.05) is 72.1 Å². The first-order valence-electron chi connectivity index (χ1n) is 18.5. The fourth-order valence-corrected chi connectivity index (χ4v) is 9.61. The van der Waals surface area contributed by atoms with Gasteiger partial charge in [-0.2, -0.15) is 18.2 Å². The number of carbonyl (C=O) groups is 4. The van der Waals surface area contributed by atoms with Crippen molar-refractivity contribution >= 4 is 58.3 Å². The molecule has 0 radical (unpaired) electrons. The second kappa shape index (κ2) is 14.2. The van der Waals surface area contributed by atoms with Gasteiger partial charge in [0.1, 0.15) is 0 Å². The first kappa shape index (κ1) is 38.5. The summed E-state index contributed by atoms with van der Waals surface area (Å²) in [5, 5.41) is 11.4. The summed E-state index contributed by atoms with van der Waals surface area (Å²) in [6.07, 6.45) is -1.43. The number of amides is 4. The van der Waals surface area contributed by atoms with Gasteiger partial charge in [0, 0.05) is 17.1 Å². The fraction of sp³-hybridized carbons (Fsp3) is 0.310. The number of ether oxygens (including phenoxy) is 1. The summed E-state index contributed by atoms with van der Waals surface area (Å²) in [4.78, 5) is 64.0. The van der Waals surface area contributed by atoms with Crippen LogP contribution in [0.2, 0.25) is 10.0 Å². The third kappa shape index (κ3) is 6.05. The van der Waals surface area contributed by atoms with Crippen LogP contribution >= 0.6 is 23.2 Å². The number of aromatic nitrogens is 1. The van der Waals surface area contributed by atoms with E-state index in [0.717, 1.165) is 17.0 Å². The smallest absolute Gasteiger partial charge is 0.417 e. The molecule has 6 unspecified atom stereocenters. The molecule has 4 aliphatic rings. The summed E-state index contributed by atoms with van der Waals surface area (Å²) in [5.74, 6) is -7.20. The number of hydrogen-bond donors (Lipinski definition) is 2. The molecule has 294 valence electrons. The number of allylic oxidation sites excluding steroid dienone is 2. The summed E-state index contributed by atoms with van der Waals surface area (Å²) in [5.41, 5.74) is 2.74. The zero-order valence-corrected chi connectivity index (χ0v) is 32.0. The topological polar surface area (TPSA) is 129 Å². The van der Waals surface area contributed by atoms with Crippen LogP contribution in [0.5, 0.6) is 11.5 Å². The van der Waals surface area contributed by atoms with Gasteiger partial charge in [-0.05, 0) is 91.3 Å². The van der Waals surface area contributed by atoms with E-state index in [9.17, 15) is 32.7 Å². The summed E-state index contributed by atoms with van der Waals surface area (Å²) in [6.45, 7) is 3.94. The predicted molar refractivity (Wildman–Crippen MR) is 204 cm³/mol. The molecule has 1 saturated carbocycles. The predicted octanol–water partition coefficient (Wildman–Crippen LogP) is 8.26. The average Bonchev–Trinajstić information content (AvgIpc) is 3.57. The minimum Gasteiger partial charge on any atom is -0.504 e. The van der Waals surface area contributed by atoms with Crippen LogP contribution in [0.15, 0.2) is 90.6 Å². The van der Waals surface area contributed by atoms with Gasteiger partial charge in [0.05, 0.1) is 46.0 Å². The number of phenols is 1. The number of hydrazine groups is 1. The Morgan fingerprint density at radius 1 is 0.930 bits per heavy atom. The van der Waals surface area contributed by atoms with E-state index in [0.29, 0.717) is 39.7 Å². The molecule has 10 nitrogen and oxygen atoms in total. The van der Waals surface area contributed by atoms with Crippen LogP contribution in [0.4, 0.5) is 24.7 Å². The third-order valence-corrected chi connectivity index (χ3v) is 12.3. The molecule has 1 aromatic heterocycles. The van der Waals surface area contributed by atoms with Crippen molar-refractivity contribution in [3.05, 3.63) is 123 Å². The average molecular weight is 820 g/mol. The van der Waals surface area contributed by atoms with Gasteiger partial charge in [-0.3, -0.25) is 29.5 Å². The Bertz CT molecular complexity index is 2360. The molecule has 3 fully saturated rings. The lowest BCUT2D eigenvalue weighted by atomic mass is 9.49. The Morgan fingerprint density at radius 3 is 2.30 bits per heavy atom. The van der Waals surface area contributed by atoms with Gasteiger partial charge in [0.25, 0.3) is 11.8 Å². The standard InChI is InChI=1S/C42H35Cl2F3N4O6/c1-3-21-5-12-26(13-6-21)50-37(53)28-15-14-27-29(34(28)39(50)55)19-30-38(54)51(49-36-31(44)18-24(20-48-36)42(45,46)47)40(56)41(30,23-8-10-25(43)11-9-23)35(27)22-7-16-32(52)33(17-22)57-4-2/h5-14,16-18,20,28-30,34-35,52H,3-4,15,19H2,1-2H3,(H,48,49). The number of fused-ring (bicyclic) bond motifs is 4. The van der Waals surface area contributed by atoms with Crippen molar-refractivity contribution in [3.8, 4) is 11.5 Å². The van der Waals surface area contributed by atoms with Crippen molar-refractivity contribution in [2.45, 2.75) is 50.6 Å². The maximum atomic E-state index is 15.4. The second-order valence-electron chi connectivity index (χ2n) is 14.6. The summed E-state index contributed by atoms with van der Waals surface area (Å²) in [6, 6.07) is 18.9. The number of carbonyl (C=O) groups excluding carboxylic acids is 4. The zero-order chi connectivity index (χ0) is 40.6. The Hall–Kier alpha value is -5.40. The van der Waals surface area contributed by atoms with Gasteiger partial charge >= 0.3 is 6.18 Å². The molecule has 57 heavy (non-hydrogen) atoms. The summed E-state index contributed by atoms with van der Waals surface area (Å²) >= 11 is 12.6. The van der Waals surface area contributed by atoms with Gasteiger partial charge in [0.15, 0.2) is 17.3 Å². The highest BCUT2D eigenvalue weighted by Gasteiger charge is 2.70. The lowest BCUT2D eigenvalue weighted by Crippen LogP contribution is -2.53. The van der Waals surface area contributed by atoms with Crippen LogP contribution in [-0.2, 0) is 37.2 Å². The number of nitrogens with zero attached hydrogens (tertiary/aromatic N) is 3. The maximum absolute atomic E-state index is 15.4. The number of aryl methyl sites for hydroxylation is 1. The molecule has 8 rings (SSSR count). The van der Waals surface area contributed by atoms with Crippen LogP contribution in [-0.4, -0.2) is 45.3 Å². The third-order valence-electron chi connectivity index (χ3n) is 11.8. The zero-order valence-electron chi connectivity index (χ0n) is 30.5. The number of aromatic hydroxyl groups is 1. The molecule has 4 aromatic rings. The van der Waals surface area contributed by atoms with Gasteiger partial charge in [-0.25, -0.2) is 4.98 Å². The highest BCUT2D eigenvalue weighted by Crippen LogP contribution is 2.64. The molecule has 6 atom stereocenters. The lowest BCUT2D eigenvalue weighted by molar-refractivity contribution is -0.139. The Morgan fingerprint density at radius 2 is 1.65 bits per heavy atom. The Balaban J connectivity index is 1.31. The number of hydrogen-bond acceptors (Lipinski definition) is 8.